The summed E-state index contributed by atoms with van der Waals surface area (Å²) in [6, 6.07) is 1.10. The minimum absolute atomic E-state index is 0.214. The lowest BCUT2D eigenvalue weighted by Crippen LogP contribution is -2.22. The van der Waals surface area contributed by atoms with Crippen LogP contribution >= 0.6 is 0 Å². The van der Waals surface area contributed by atoms with Crippen LogP contribution in [0.2, 0.25) is 25.7 Å². The molecule has 1 heterocycles. The zero-order valence-corrected chi connectivity index (χ0v) is 12.5. The average Bonchev–Trinajstić information content (AvgIpc) is 2.72. The molecule has 0 saturated carbocycles. The van der Waals surface area contributed by atoms with E-state index in [0.29, 0.717) is 13.2 Å². The van der Waals surface area contributed by atoms with Gasteiger partial charge in [-0.15, -0.1) is 5.10 Å². The Balaban J connectivity index is 2.33. The molecule has 0 aliphatic rings. The zero-order chi connectivity index (χ0) is 13.6. The Morgan fingerprint density at radius 1 is 1.44 bits per heavy atom. The molecule has 0 aliphatic carbocycles. The Morgan fingerprint density at radius 3 is 2.78 bits per heavy atom. The fourth-order valence-corrected chi connectivity index (χ4v) is 1.94. The van der Waals surface area contributed by atoms with Crippen LogP contribution < -0.4 is 0 Å². The van der Waals surface area contributed by atoms with Crippen LogP contribution in [0.4, 0.5) is 0 Å². The summed E-state index contributed by atoms with van der Waals surface area (Å²) in [4.78, 5) is 12.7. The van der Waals surface area contributed by atoms with Crippen molar-refractivity contribution in [2.75, 3.05) is 13.2 Å². The van der Waals surface area contributed by atoms with Gasteiger partial charge in [-0.3, -0.25) is 0 Å². The molecule has 1 rings (SSSR count). The lowest BCUT2D eigenvalue weighted by atomic mass is 10.5. The second-order valence-electron chi connectivity index (χ2n) is 5.17. The second-order valence-corrected chi connectivity index (χ2v) is 10.8. The molecule has 0 unspecified atom stereocenters. The minimum atomic E-state index is -1.07. The van der Waals surface area contributed by atoms with E-state index in [2.05, 4.69) is 29.8 Å². The number of aromatic nitrogens is 3. The summed E-state index contributed by atoms with van der Waals surface area (Å²) in [5.74, 6) is -0.453. The first-order chi connectivity index (χ1) is 8.42. The van der Waals surface area contributed by atoms with E-state index in [9.17, 15) is 4.79 Å². The molecule has 1 aromatic heterocycles. The van der Waals surface area contributed by atoms with E-state index < -0.39 is 14.0 Å². The average molecular weight is 271 g/mol. The summed E-state index contributed by atoms with van der Waals surface area (Å²) in [6.45, 7) is 9.93. The van der Waals surface area contributed by atoms with Crippen molar-refractivity contribution < 1.29 is 14.3 Å². The lowest BCUT2D eigenvalue weighted by molar-refractivity contribution is 0.0507. The van der Waals surface area contributed by atoms with Crippen molar-refractivity contribution in [3.63, 3.8) is 0 Å². The Hall–Kier alpha value is -1.21. The SMILES string of the molecule is CCOC(=O)c1cnn(COCC[Si](C)(C)C)n1. The van der Waals surface area contributed by atoms with Gasteiger partial charge in [0.25, 0.3) is 0 Å². The molecule has 0 N–H and O–H groups in total. The van der Waals surface area contributed by atoms with Crippen molar-refractivity contribution in [1.82, 2.24) is 15.0 Å². The molecule has 0 bridgehead atoms. The van der Waals surface area contributed by atoms with Gasteiger partial charge in [-0.1, -0.05) is 19.6 Å². The highest BCUT2D eigenvalue weighted by atomic mass is 28.3. The molecule has 0 spiro atoms. The van der Waals surface area contributed by atoms with E-state index in [1.54, 1.807) is 6.92 Å². The van der Waals surface area contributed by atoms with Gasteiger partial charge in [0.1, 0.15) is 0 Å². The van der Waals surface area contributed by atoms with Crippen LogP contribution in [0.15, 0.2) is 6.20 Å². The highest BCUT2D eigenvalue weighted by Gasteiger charge is 2.13. The summed E-state index contributed by atoms with van der Waals surface area (Å²) in [5, 5.41) is 7.92. The third kappa shape index (κ3) is 5.41. The normalized spacial score (nSPS) is 11.6. The molecule has 7 heteroatoms. The van der Waals surface area contributed by atoms with Gasteiger partial charge in [-0.05, 0) is 13.0 Å². The number of carbonyl (C=O) groups is 1. The zero-order valence-electron chi connectivity index (χ0n) is 11.5. The number of nitrogens with zero attached hydrogens (tertiary/aromatic N) is 3. The molecule has 0 radical (unpaired) electrons. The molecule has 18 heavy (non-hydrogen) atoms. The summed E-state index contributed by atoms with van der Waals surface area (Å²) in [6.07, 6.45) is 1.39. The van der Waals surface area contributed by atoms with Gasteiger partial charge in [0, 0.05) is 14.7 Å². The number of rotatable bonds is 7. The first-order valence-electron chi connectivity index (χ1n) is 6.07. The number of hydrogen-bond acceptors (Lipinski definition) is 5. The van der Waals surface area contributed by atoms with Crippen LogP contribution in [0, 0.1) is 0 Å². The van der Waals surface area contributed by atoms with E-state index in [0.717, 1.165) is 6.04 Å². The number of carbonyl (C=O) groups excluding carboxylic acids is 1. The smallest absolute Gasteiger partial charge is 0.360 e. The van der Waals surface area contributed by atoms with Crippen LogP contribution in [0.25, 0.3) is 0 Å². The fraction of sp³-hybridized carbons (Fsp3) is 0.727. The van der Waals surface area contributed by atoms with Gasteiger partial charge in [0.15, 0.2) is 12.4 Å². The van der Waals surface area contributed by atoms with Gasteiger partial charge in [-0.25, -0.2) is 4.79 Å². The molecule has 0 amide bonds. The summed E-state index contributed by atoms with van der Waals surface area (Å²) in [7, 11) is -1.07. The van der Waals surface area contributed by atoms with Crippen molar-refractivity contribution in [2.24, 2.45) is 0 Å². The Labute approximate surface area is 108 Å². The van der Waals surface area contributed by atoms with Crippen LogP contribution in [-0.2, 0) is 16.2 Å². The van der Waals surface area contributed by atoms with Crippen LogP contribution in [0.3, 0.4) is 0 Å². The van der Waals surface area contributed by atoms with E-state index in [-0.39, 0.29) is 12.4 Å². The van der Waals surface area contributed by atoms with Crippen molar-refractivity contribution in [1.29, 1.82) is 0 Å². The molecule has 1 aromatic rings. The van der Waals surface area contributed by atoms with E-state index in [4.69, 9.17) is 9.47 Å². The molecule has 0 aromatic carbocycles. The number of hydrogen-bond donors (Lipinski definition) is 0. The Morgan fingerprint density at radius 2 is 2.17 bits per heavy atom. The first-order valence-corrected chi connectivity index (χ1v) is 9.78. The quantitative estimate of drug-likeness (QED) is 0.429. The molecule has 0 saturated heterocycles. The van der Waals surface area contributed by atoms with E-state index in [1.807, 2.05) is 0 Å². The largest absolute Gasteiger partial charge is 0.461 e. The number of ether oxygens (including phenoxy) is 2. The standard InChI is InChI=1S/C11H21N3O3Si/c1-5-17-11(15)10-8-12-14(13-10)9-16-6-7-18(2,3)4/h8H,5-7,9H2,1-4H3. The highest BCUT2D eigenvalue weighted by Crippen LogP contribution is 2.07. The van der Waals surface area contributed by atoms with Crippen molar-refractivity contribution in [3.8, 4) is 0 Å². The minimum Gasteiger partial charge on any atom is -0.461 e. The van der Waals surface area contributed by atoms with Gasteiger partial charge in [-0.2, -0.15) is 9.90 Å². The van der Waals surface area contributed by atoms with Crippen LogP contribution in [0.1, 0.15) is 17.4 Å². The number of esters is 1. The fourth-order valence-electron chi connectivity index (χ4n) is 1.18. The second kappa shape index (κ2) is 6.65. The Kier molecular flexibility index (Phi) is 5.48. The van der Waals surface area contributed by atoms with Gasteiger partial charge >= 0.3 is 5.97 Å². The van der Waals surface area contributed by atoms with Gasteiger partial charge < -0.3 is 9.47 Å². The van der Waals surface area contributed by atoms with Crippen molar-refractivity contribution in [3.05, 3.63) is 11.9 Å². The lowest BCUT2D eigenvalue weighted by Gasteiger charge is -2.14. The Bertz CT molecular complexity index is 387. The van der Waals surface area contributed by atoms with Gasteiger partial charge in [0.05, 0.1) is 12.8 Å². The molecular formula is C11H21N3O3Si. The highest BCUT2D eigenvalue weighted by molar-refractivity contribution is 6.76. The van der Waals surface area contributed by atoms with Crippen molar-refractivity contribution >= 4 is 14.0 Å². The van der Waals surface area contributed by atoms with Gasteiger partial charge in [0.2, 0.25) is 0 Å². The summed E-state index contributed by atoms with van der Waals surface area (Å²) < 4.78 is 10.3. The molecular weight excluding hydrogens is 250 g/mol. The maximum atomic E-state index is 11.3. The monoisotopic (exact) mass is 271 g/mol. The molecule has 102 valence electrons. The molecule has 6 nitrogen and oxygen atoms in total. The summed E-state index contributed by atoms with van der Waals surface area (Å²) >= 11 is 0. The molecule has 0 atom stereocenters. The maximum absolute atomic E-state index is 11.3. The molecule has 0 aliphatic heterocycles. The van der Waals surface area contributed by atoms with Crippen molar-refractivity contribution in [2.45, 2.75) is 39.3 Å². The molecule has 0 fully saturated rings. The van der Waals surface area contributed by atoms with E-state index in [1.165, 1.54) is 11.0 Å². The predicted octanol–water partition coefficient (Wildman–Crippen LogP) is 1.77. The van der Waals surface area contributed by atoms with E-state index >= 15 is 0 Å². The predicted molar refractivity (Wildman–Crippen MR) is 70.1 cm³/mol. The first kappa shape index (κ1) is 14.8. The summed E-state index contributed by atoms with van der Waals surface area (Å²) in [5.41, 5.74) is 0.214. The van der Waals surface area contributed by atoms with Crippen LogP contribution in [0.5, 0.6) is 0 Å². The van der Waals surface area contributed by atoms with Crippen LogP contribution in [-0.4, -0.2) is 42.3 Å². The maximum Gasteiger partial charge on any atom is 0.360 e. The third-order valence-electron chi connectivity index (χ3n) is 2.22. The third-order valence-corrected chi connectivity index (χ3v) is 3.93. The topological polar surface area (TPSA) is 66.2 Å².